The second kappa shape index (κ2) is 22.8. The van der Waals surface area contributed by atoms with Gasteiger partial charge in [0.1, 0.15) is 0 Å². The highest BCUT2D eigenvalue weighted by molar-refractivity contribution is 6.97. The Balaban J connectivity index is 1.64. The van der Waals surface area contributed by atoms with Crippen molar-refractivity contribution in [3.63, 3.8) is 0 Å². The van der Waals surface area contributed by atoms with E-state index in [2.05, 4.69) is 118 Å². The Labute approximate surface area is 425 Å². The lowest BCUT2D eigenvalue weighted by atomic mass is 10.4. The maximum absolute atomic E-state index is 12.3. The molecule has 8 unspecified atom stereocenters. The van der Waals surface area contributed by atoms with Gasteiger partial charge in [0.05, 0.1) is 13.2 Å². The van der Waals surface area contributed by atoms with Gasteiger partial charge in [0, 0.05) is 11.1 Å². The van der Waals surface area contributed by atoms with E-state index in [0.717, 1.165) is 73.3 Å². The van der Waals surface area contributed by atoms with E-state index in [1.165, 1.54) is 0 Å². The number of carbonyl (C=O) groups is 2. The van der Waals surface area contributed by atoms with Gasteiger partial charge < -0.3 is 50.6 Å². The molecule has 4 rings (SSSR count). The van der Waals surface area contributed by atoms with Gasteiger partial charge in [-0.25, -0.2) is 9.59 Å². The van der Waals surface area contributed by atoms with Gasteiger partial charge >= 0.3 is 80.4 Å². The zero-order valence-corrected chi connectivity index (χ0v) is 57.9. The first kappa shape index (κ1) is 61.2. The second-order valence-corrected chi connectivity index (χ2v) is 70.8. The topological polar surface area (TPSA) is 145 Å². The van der Waals surface area contributed by atoms with Crippen molar-refractivity contribution in [2.24, 2.45) is 0 Å². The lowest BCUT2D eigenvalue weighted by Crippen LogP contribution is -2.68. The van der Waals surface area contributed by atoms with Gasteiger partial charge in [-0.2, -0.15) is 0 Å². The van der Waals surface area contributed by atoms with Crippen molar-refractivity contribution in [1.29, 1.82) is 0 Å². The predicted molar refractivity (Wildman–Crippen MR) is 301 cm³/mol. The van der Waals surface area contributed by atoms with Gasteiger partial charge in [0.2, 0.25) is 0 Å². The molecule has 8 atom stereocenters. The largest absolute Gasteiger partial charge is 0.462 e. The molecule has 0 radical (unpaired) electrons. The van der Waals surface area contributed by atoms with Crippen LogP contribution in [0.5, 0.6) is 0 Å². The maximum atomic E-state index is 12.3. The molecule has 0 saturated carbocycles. The first-order chi connectivity index (χ1) is 30.8. The maximum Gasteiger partial charge on any atom is 0.333 e. The summed E-state index contributed by atoms with van der Waals surface area (Å²) in [7, 11) is -31.1. The van der Waals surface area contributed by atoms with Crippen LogP contribution in [0.1, 0.15) is 39.5 Å². The molecule has 4 heterocycles. The molecule has 0 spiro atoms. The van der Waals surface area contributed by atoms with Crippen molar-refractivity contribution < 1.29 is 60.2 Å². The summed E-state index contributed by atoms with van der Waals surface area (Å²) >= 11 is 0. The van der Waals surface area contributed by atoms with Gasteiger partial charge in [0.15, 0.2) is 33.3 Å². The molecule has 394 valence electrons. The van der Waals surface area contributed by atoms with Crippen LogP contribution in [0.25, 0.3) is 0 Å². The third-order valence-electron chi connectivity index (χ3n) is 13.5. The van der Waals surface area contributed by atoms with E-state index in [4.69, 9.17) is 50.6 Å². The Hall–Kier alpha value is 0.623. The minimum atomic E-state index is -2.96. The summed E-state index contributed by atoms with van der Waals surface area (Å²) in [5.41, 5.74) is 0.775. The molecule has 4 fully saturated rings. The fourth-order valence-corrected chi connectivity index (χ4v) is 84.7. The van der Waals surface area contributed by atoms with Crippen molar-refractivity contribution in [3.8, 4) is 0 Å². The van der Waals surface area contributed by atoms with Crippen LogP contribution in [-0.4, -0.2) is 127 Å². The highest BCUT2D eigenvalue weighted by Crippen LogP contribution is 2.45. The summed E-state index contributed by atoms with van der Waals surface area (Å²) in [4.78, 5) is 24.7. The fourth-order valence-electron chi connectivity index (χ4n) is 10.7. The van der Waals surface area contributed by atoms with Gasteiger partial charge in [-0.05, 0) is 204 Å². The molecular weight excluding hydrogens is 1070 g/mol. The van der Waals surface area contributed by atoms with Crippen molar-refractivity contribution in [2.45, 2.75) is 217 Å². The zero-order valence-electron chi connectivity index (χ0n) is 45.9. The highest BCUT2D eigenvalue weighted by Gasteiger charge is 2.60. The number of fused-ring (bicyclic) bond motifs is 4. The molecule has 4 aliphatic heterocycles. The van der Waals surface area contributed by atoms with Crippen LogP contribution in [0.2, 0.25) is 177 Å². The number of rotatable bonds is 15. The lowest BCUT2D eigenvalue weighted by Gasteiger charge is -2.52. The van der Waals surface area contributed by atoms with E-state index < -0.39 is 102 Å². The average molecular weight is 1160 g/mol. The minimum Gasteiger partial charge on any atom is -0.462 e. The molecule has 4 aliphatic rings. The molecular formula is C42H94O14Si12. The molecule has 0 N–H and O–H groups in total. The summed E-state index contributed by atoms with van der Waals surface area (Å²) in [6.07, 6.45) is 2.95. The lowest BCUT2D eigenvalue weighted by molar-refractivity contribution is -0.139. The van der Waals surface area contributed by atoms with Crippen molar-refractivity contribution in [2.75, 3.05) is 13.2 Å². The number of unbranched alkanes of at least 4 members (excludes halogenated alkanes) is 1. The molecule has 0 amide bonds. The van der Waals surface area contributed by atoms with E-state index in [-0.39, 0.29) is 25.2 Å². The number of carbonyl (C=O) groups excluding carboxylic acids is 2. The van der Waals surface area contributed by atoms with E-state index in [9.17, 15) is 9.59 Å². The van der Waals surface area contributed by atoms with Gasteiger partial charge in [-0.15, -0.1) is 0 Å². The molecule has 68 heavy (non-hydrogen) atoms. The molecule has 0 aliphatic carbocycles. The summed E-state index contributed by atoms with van der Waals surface area (Å²) in [5.74, 6) is -0.760. The normalized spacial score (nSPS) is 38.6. The van der Waals surface area contributed by atoms with E-state index >= 15 is 0 Å². The number of hydrogen-bond donors (Lipinski definition) is 0. The molecule has 4 saturated heterocycles. The first-order valence-corrected chi connectivity index (χ1v) is 58.1. The van der Waals surface area contributed by atoms with Crippen LogP contribution in [0.15, 0.2) is 24.3 Å². The molecule has 26 heteroatoms. The number of ether oxygens (including phenoxy) is 2. The van der Waals surface area contributed by atoms with Crippen LogP contribution in [0.3, 0.4) is 0 Å². The van der Waals surface area contributed by atoms with Crippen LogP contribution in [0, 0.1) is 0 Å². The Morgan fingerprint density at radius 1 is 0.353 bits per heavy atom. The third kappa shape index (κ3) is 19.4. The van der Waals surface area contributed by atoms with Crippen molar-refractivity contribution in [3.05, 3.63) is 24.3 Å². The monoisotopic (exact) mass is 1160 g/mol. The van der Waals surface area contributed by atoms with Crippen LogP contribution < -0.4 is 0 Å². The summed E-state index contributed by atoms with van der Waals surface area (Å²) in [6.45, 7) is 47.9. The van der Waals surface area contributed by atoms with Crippen LogP contribution >= 0.6 is 0 Å². The summed E-state index contributed by atoms with van der Waals surface area (Å²) in [6, 6.07) is 10.1. The standard InChI is InChI=1S/C42H94O14Si12/c1-39(2)41(43)45-25-23-29-63(15)49-61(13,51-65(17)35-31-57(5,6)47-59(9,10)33-37-67(19,53-63)55-65)27-21-22-28-62(14)50-64(16,30-24-26-46-42(44)40(3)4)54-68(20)38-34-60(11,12)48-58(7,8)32-36-66(18,52-62)56-68/h1,3,21-38H2,2,4-20H3. The Morgan fingerprint density at radius 2 is 0.588 bits per heavy atom. The summed E-state index contributed by atoms with van der Waals surface area (Å²) in [5, 5.41) is 0. The molecule has 0 aromatic rings. The smallest absolute Gasteiger partial charge is 0.333 e. The Kier molecular flexibility index (Phi) is 20.6. The van der Waals surface area contributed by atoms with Gasteiger partial charge in [-0.3, -0.25) is 0 Å². The number of esters is 2. The molecule has 14 nitrogen and oxygen atoms in total. The average Bonchev–Trinajstić information content (AvgIpc) is 3.14. The fraction of sp³-hybridized carbons (Fsp3) is 0.857. The van der Waals surface area contributed by atoms with Crippen LogP contribution in [-0.2, 0) is 60.2 Å². The quantitative estimate of drug-likeness (QED) is 0.0663. The molecule has 4 bridgehead atoms. The number of hydrogen-bond acceptors (Lipinski definition) is 14. The van der Waals surface area contributed by atoms with E-state index in [1.54, 1.807) is 13.8 Å². The van der Waals surface area contributed by atoms with Gasteiger partial charge in [0.25, 0.3) is 0 Å². The third-order valence-corrected chi connectivity index (χ3v) is 67.5. The van der Waals surface area contributed by atoms with E-state index in [1.807, 2.05) is 0 Å². The van der Waals surface area contributed by atoms with E-state index in [0.29, 0.717) is 36.1 Å². The molecule has 0 aromatic heterocycles. The second-order valence-electron chi connectivity index (χ2n) is 24.4. The summed E-state index contributed by atoms with van der Waals surface area (Å²) < 4.78 is 85.4. The Bertz CT molecular complexity index is 1690. The first-order valence-electron chi connectivity index (χ1n) is 25.4. The minimum absolute atomic E-state index is 0.272. The van der Waals surface area contributed by atoms with Crippen LogP contribution in [0.4, 0.5) is 0 Å². The van der Waals surface area contributed by atoms with Gasteiger partial charge in [-0.1, -0.05) is 26.0 Å². The van der Waals surface area contributed by atoms with Crippen molar-refractivity contribution in [1.82, 2.24) is 0 Å². The Morgan fingerprint density at radius 3 is 0.824 bits per heavy atom. The predicted octanol–water partition coefficient (Wildman–Crippen LogP) is 12.4. The molecule has 0 aromatic carbocycles. The SMILES string of the molecule is C=C(C)C(=O)OCCC[Si]1(C)O[Si](C)(CCCC[Si]2(C)O[Si](C)(CCCOC(=O)C(=C)C)O[Si]3(C)CC[Si](C)(C)O[Si](C)(C)CC[Si](C)(O2)O3)O[Si]2(C)CC[Si](C)(C)O[Si](C)(C)CC[Si](C)(O1)O2. The zero-order chi connectivity index (χ0) is 51.5. The van der Waals surface area contributed by atoms with Crippen molar-refractivity contribution >= 4 is 114 Å². The highest BCUT2D eigenvalue weighted by atomic mass is 28.5.